The Bertz CT molecular complexity index is 792. The molecule has 0 saturated carbocycles. The summed E-state index contributed by atoms with van der Waals surface area (Å²) in [5.74, 6) is 0.789. The van der Waals surface area contributed by atoms with Crippen LogP contribution in [0.25, 0.3) is 0 Å². The zero-order chi connectivity index (χ0) is 19.9. The molecule has 3 N–H and O–H groups in total. The number of nitrogens with one attached hydrogen (secondary N) is 2. The van der Waals surface area contributed by atoms with Gasteiger partial charge in [-0.3, -0.25) is 0 Å². The summed E-state index contributed by atoms with van der Waals surface area (Å²) in [5.41, 5.74) is 3.95. The third-order valence-electron chi connectivity index (χ3n) is 4.95. The Morgan fingerprint density at radius 1 is 1.25 bits per heavy atom. The number of amides is 2. The average Bonchev–Trinajstić information content (AvgIpc) is 3.08. The molecule has 0 bridgehead atoms. The molecule has 1 atom stereocenters. The van der Waals surface area contributed by atoms with Crippen molar-refractivity contribution in [1.29, 1.82) is 0 Å². The summed E-state index contributed by atoms with van der Waals surface area (Å²) < 4.78 is 5.61. The number of aliphatic hydroxyl groups is 1. The lowest BCUT2D eigenvalue weighted by Gasteiger charge is -2.16. The Labute approximate surface area is 166 Å². The van der Waals surface area contributed by atoms with Gasteiger partial charge in [-0.25, -0.2) is 4.79 Å². The number of anilines is 2. The van der Waals surface area contributed by atoms with Gasteiger partial charge >= 0.3 is 6.03 Å². The molecule has 0 aliphatic carbocycles. The molecule has 28 heavy (non-hydrogen) atoms. The van der Waals surface area contributed by atoms with Crippen molar-refractivity contribution in [3.8, 4) is 5.75 Å². The van der Waals surface area contributed by atoms with E-state index in [1.165, 1.54) is 11.3 Å². The topological polar surface area (TPSA) is 73.8 Å². The fourth-order valence-electron chi connectivity index (χ4n) is 3.25. The van der Waals surface area contributed by atoms with Crippen molar-refractivity contribution < 1.29 is 14.6 Å². The van der Waals surface area contributed by atoms with Gasteiger partial charge in [-0.1, -0.05) is 25.5 Å². The van der Waals surface area contributed by atoms with E-state index in [1.807, 2.05) is 30.3 Å². The van der Waals surface area contributed by atoms with Crippen molar-refractivity contribution in [2.24, 2.45) is 0 Å². The number of carbonyl (C=O) groups is 1. The highest BCUT2D eigenvalue weighted by molar-refractivity contribution is 5.89. The van der Waals surface area contributed by atoms with E-state index < -0.39 is 6.10 Å². The quantitative estimate of drug-likeness (QED) is 0.608. The minimum absolute atomic E-state index is 0.151. The predicted octanol–water partition coefficient (Wildman–Crippen LogP) is 3.71. The Kier molecular flexibility index (Phi) is 6.76. The second-order valence-electron chi connectivity index (χ2n) is 7.14. The number of likely N-dealkylation sites (N-methyl/N-ethyl adjacent to an activating group) is 1. The third-order valence-corrected chi connectivity index (χ3v) is 4.95. The molecule has 1 heterocycles. The molecular weight excluding hydrogens is 354 g/mol. The highest BCUT2D eigenvalue weighted by atomic mass is 16.5. The maximum absolute atomic E-state index is 12.1. The number of carbonyl (C=O) groups excluding carboxylic acids is 1. The summed E-state index contributed by atoms with van der Waals surface area (Å²) >= 11 is 0. The van der Waals surface area contributed by atoms with E-state index in [0.29, 0.717) is 12.3 Å². The van der Waals surface area contributed by atoms with E-state index in [4.69, 9.17) is 4.74 Å². The van der Waals surface area contributed by atoms with Gasteiger partial charge in [0.25, 0.3) is 0 Å². The van der Waals surface area contributed by atoms with Gasteiger partial charge in [-0.05, 0) is 54.3 Å². The largest absolute Gasteiger partial charge is 0.494 e. The van der Waals surface area contributed by atoms with Crippen LogP contribution in [0, 0.1) is 0 Å². The monoisotopic (exact) mass is 383 g/mol. The number of nitrogens with zero attached hydrogens (tertiary/aromatic N) is 1. The number of hydrogen-bond donors (Lipinski definition) is 3. The molecule has 0 unspecified atom stereocenters. The zero-order valence-corrected chi connectivity index (χ0v) is 16.6. The Morgan fingerprint density at radius 2 is 2.04 bits per heavy atom. The highest BCUT2D eigenvalue weighted by Crippen LogP contribution is 2.29. The number of hydrogen-bond acceptors (Lipinski definition) is 4. The van der Waals surface area contributed by atoms with E-state index in [-0.39, 0.29) is 12.6 Å². The van der Waals surface area contributed by atoms with E-state index in [0.717, 1.165) is 37.1 Å². The van der Waals surface area contributed by atoms with Crippen LogP contribution >= 0.6 is 0 Å². The maximum atomic E-state index is 12.1. The number of benzene rings is 2. The first-order chi connectivity index (χ1) is 13.6. The van der Waals surface area contributed by atoms with Crippen LogP contribution in [0.5, 0.6) is 5.75 Å². The molecular formula is C22H29N3O3. The second kappa shape index (κ2) is 9.46. The summed E-state index contributed by atoms with van der Waals surface area (Å²) in [6.07, 6.45) is 2.36. The molecule has 0 spiro atoms. The second-order valence-corrected chi connectivity index (χ2v) is 7.14. The molecule has 3 rings (SSSR count). The lowest BCUT2D eigenvalue weighted by Crippen LogP contribution is -2.32. The normalized spacial score (nSPS) is 13.8. The van der Waals surface area contributed by atoms with Crippen molar-refractivity contribution >= 4 is 17.4 Å². The molecule has 0 radical (unpaired) electrons. The van der Waals surface area contributed by atoms with Crippen molar-refractivity contribution in [2.45, 2.75) is 32.3 Å². The predicted molar refractivity (Wildman–Crippen MR) is 112 cm³/mol. The first-order valence-corrected chi connectivity index (χ1v) is 9.86. The fraction of sp³-hybridized carbons (Fsp3) is 0.409. The molecule has 2 aromatic carbocycles. The standard InChI is InChI=1S/C22H29N3O3/c1-3-4-13-28-19-8-6-18(7-9-19)24-22(27)23-15-21(26)17-5-10-20-16(14-17)11-12-25(20)2/h5-10,14,21,26H,3-4,11-13,15H2,1-2H3,(H2,23,24,27)/t21-/m0/s1. The summed E-state index contributed by atoms with van der Waals surface area (Å²) in [4.78, 5) is 14.3. The van der Waals surface area contributed by atoms with E-state index in [2.05, 4.69) is 29.5 Å². The van der Waals surface area contributed by atoms with Crippen molar-refractivity contribution in [1.82, 2.24) is 5.32 Å². The van der Waals surface area contributed by atoms with Gasteiger partial charge in [0.05, 0.1) is 12.7 Å². The van der Waals surface area contributed by atoms with Gasteiger partial charge < -0.3 is 25.4 Å². The van der Waals surface area contributed by atoms with Crippen molar-refractivity contribution in [3.63, 3.8) is 0 Å². The van der Waals surface area contributed by atoms with Crippen LogP contribution in [0.15, 0.2) is 42.5 Å². The summed E-state index contributed by atoms with van der Waals surface area (Å²) in [6, 6.07) is 12.9. The lowest BCUT2D eigenvalue weighted by atomic mass is 10.0. The Hall–Kier alpha value is -2.73. The average molecular weight is 383 g/mol. The van der Waals surface area contributed by atoms with Crippen molar-refractivity contribution in [2.75, 3.05) is 37.0 Å². The molecule has 150 valence electrons. The molecule has 1 aliphatic rings. The first kappa shape index (κ1) is 20.0. The van der Waals surface area contributed by atoms with Crippen LogP contribution in [0.1, 0.15) is 37.0 Å². The number of fused-ring (bicyclic) bond motifs is 1. The fourth-order valence-corrected chi connectivity index (χ4v) is 3.25. The van der Waals surface area contributed by atoms with Gasteiger partial charge in [-0.15, -0.1) is 0 Å². The van der Waals surface area contributed by atoms with Crippen LogP contribution in [0.4, 0.5) is 16.2 Å². The molecule has 0 saturated heterocycles. The summed E-state index contributed by atoms with van der Waals surface area (Å²) in [6.45, 7) is 3.96. The molecule has 0 fully saturated rings. The van der Waals surface area contributed by atoms with Gasteiger partial charge in [0, 0.05) is 31.5 Å². The number of rotatable bonds is 8. The SMILES string of the molecule is CCCCOc1ccc(NC(=O)NC[C@H](O)c2ccc3c(c2)CCN3C)cc1. The number of unbranched alkanes of at least 4 members (excludes halogenated alkanes) is 1. The first-order valence-electron chi connectivity index (χ1n) is 9.86. The van der Waals surface area contributed by atoms with E-state index in [1.54, 1.807) is 12.1 Å². The molecule has 6 nitrogen and oxygen atoms in total. The van der Waals surface area contributed by atoms with Crippen LogP contribution in [-0.2, 0) is 6.42 Å². The van der Waals surface area contributed by atoms with Crippen LogP contribution in [-0.4, -0.2) is 37.9 Å². The van der Waals surface area contributed by atoms with Gasteiger partial charge in [0.15, 0.2) is 0 Å². The molecule has 2 amide bonds. The van der Waals surface area contributed by atoms with E-state index in [9.17, 15) is 9.90 Å². The minimum Gasteiger partial charge on any atom is -0.494 e. The highest BCUT2D eigenvalue weighted by Gasteiger charge is 2.18. The number of urea groups is 1. The van der Waals surface area contributed by atoms with Gasteiger partial charge in [0.2, 0.25) is 0 Å². The van der Waals surface area contributed by atoms with Crippen LogP contribution in [0.2, 0.25) is 0 Å². The van der Waals surface area contributed by atoms with E-state index >= 15 is 0 Å². The van der Waals surface area contributed by atoms with Gasteiger partial charge in [0.1, 0.15) is 5.75 Å². The maximum Gasteiger partial charge on any atom is 0.319 e. The number of aliphatic hydroxyl groups excluding tert-OH is 1. The summed E-state index contributed by atoms with van der Waals surface area (Å²) in [5, 5.41) is 15.9. The van der Waals surface area contributed by atoms with Gasteiger partial charge in [-0.2, -0.15) is 0 Å². The molecule has 0 aromatic heterocycles. The Balaban J connectivity index is 1.46. The number of ether oxygens (including phenoxy) is 1. The Morgan fingerprint density at radius 3 is 2.79 bits per heavy atom. The lowest BCUT2D eigenvalue weighted by molar-refractivity contribution is 0.175. The molecule has 1 aliphatic heterocycles. The third kappa shape index (κ3) is 5.16. The van der Waals surface area contributed by atoms with Crippen molar-refractivity contribution in [3.05, 3.63) is 53.6 Å². The van der Waals surface area contributed by atoms with Crippen LogP contribution in [0.3, 0.4) is 0 Å². The smallest absolute Gasteiger partial charge is 0.319 e. The molecule has 2 aromatic rings. The zero-order valence-electron chi connectivity index (χ0n) is 16.6. The minimum atomic E-state index is -0.740. The van der Waals surface area contributed by atoms with Crippen LogP contribution < -0.4 is 20.3 Å². The molecule has 6 heteroatoms. The summed E-state index contributed by atoms with van der Waals surface area (Å²) in [7, 11) is 2.07.